The van der Waals surface area contributed by atoms with Gasteiger partial charge in [-0.2, -0.15) is 0 Å². The van der Waals surface area contributed by atoms with Gasteiger partial charge in [0, 0.05) is 33.9 Å². The third-order valence-corrected chi connectivity index (χ3v) is 2.86. The van der Waals surface area contributed by atoms with Crippen LogP contribution in [0.1, 0.15) is 16.8 Å². The zero-order valence-electron chi connectivity index (χ0n) is 11.8. The number of phenols is 2. The second-order valence-electron chi connectivity index (χ2n) is 4.30. The number of methoxy groups -OCH3 is 2. The molecule has 0 heterocycles. The van der Waals surface area contributed by atoms with Crippen molar-refractivity contribution < 1.29 is 24.5 Å². The monoisotopic (exact) mass is 283 g/mol. The molecule has 0 fully saturated rings. The molecule has 6 heteroatoms. The van der Waals surface area contributed by atoms with E-state index in [0.29, 0.717) is 32.7 Å². The van der Waals surface area contributed by atoms with Gasteiger partial charge in [-0.15, -0.1) is 0 Å². The Balaban J connectivity index is 2.85. The van der Waals surface area contributed by atoms with Crippen LogP contribution < -0.4 is 0 Å². The van der Waals surface area contributed by atoms with Crippen LogP contribution >= 0.6 is 0 Å². The van der Waals surface area contributed by atoms with Gasteiger partial charge in [-0.3, -0.25) is 4.79 Å². The van der Waals surface area contributed by atoms with Crippen LogP contribution in [0.4, 0.5) is 0 Å². The van der Waals surface area contributed by atoms with Crippen molar-refractivity contribution in [1.29, 1.82) is 0 Å². The molecule has 1 amide bonds. The summed E-state index contributed by atoms with van der Waals surface area (Å²) in [6.45, 7) is 1.76. The summed E-state index contributed by atoms with van der Waals surface area (Å²) < 4.78 is 9.94. The van der Waals surface area contributed by atoms with Crippen molar-refractivity contribution in [2.24, 2.45) is 0 Å². The van der Waals surface area contributed by atoms with Crippen LogP contribution in [0.15, 0.2) is 18.2 Å². The molecule has 6 nitrogen and oxygen atoms in total. The van der Waals surface area contributed by atoms with Crippen molar-refractivity contribution >= 4 is 5.91 Å². The van der Waals surface area contributed by atoms with Gasteiger partial charge in [0.2, 0.25) is 0 Å². The summed E-state index contributed by atoms with van der Waals surface area (Å²) in [5.41, 5.74) is -0.0824. The Morgan fingerprint density at radius 2 is 1.70 bits per heavy atom. The Morgan fingerprint density at radius 1 is 1.10 bits per heavy atom. The van der Waals surface area contributed by atoms with Crippen molar-refractivity contribution in [1.82, 2.24) is 4.90 Å². The number of hydrogen-bond acceptors (Lipinski definition) is 5. The molecule has 0 spiro atoms. The highest BCUT2D eigenvalue weighted by atomic mass is 16.5. The minimum absolute atomic E-state index is 0.0824. The van der Waals surface area contributed by atoms with Gasteiger partial charge in [-0.1, -0.05) is 6.07 Å². The van der Waals surface area contributed by atoms with E-state index in [9.17, 15) is 15.0 Å². The molecule has 20 heavy (non-hydrogen) atoms. The van der Waals surface area contributed by atoms with Crippen LogP contribution in [0.25, 0.3) is 0 Å². The molecule has 0 atom stereocenters. The van der Waals surface area contributed by atoms with Gasteiger partial charge in [0.05, 0.1) is 6.61 Å². The van der Waals surface area contributed by atoms with E-state index in [1.165, 1.54) is 23.1 Å². The molecule has 1 aromatic carbocycles. The van der Waals surface area contributed by atoms with Crippen molar-refractivity contribution in [3.8, 4) is 11.5 Å². The van der Waals surface area contributed by atoms with E-state index in [-0.39, 0.29) is 17.1 Å². The summed E-state index contributed by atoms with van der Waals surface area (Å²) in [6, 6.07) is 4.22. The number of rotatable bonds is 8. The molecule has 0 radical (unpaired) electrons. The molecule has 0 saturated carbocycles. The Kier molecular flexibility index (Phi) is 6.83. The van der Waals surface area contributed by atoms with Gasteiger partial charge in [0.1, 0.15) is 17.1 Å². The highest BCUT2D eigenvalue weighted by molar-refractivity contribution is 5.99. The number of carbonyl (C=O) groups is 1. The summed E-state index contributed by atoms with van der Waals surface area (Å²) >= 11 is 0. The lowest BCUT2D eigenvalue weighted by Gasteiger charge is -2.23. The molecule has 1 rings (SSSR count). The van der Waals surface area contributed by atoms with Crippen molar-refractivity contribution in [3.05, 3.63) is 23.8 Å². The maximum absolute atomic E-state index is 12.4. The first kappa shape index (κ1) is 16.3. The standard InChI is InChI=1S/C14H21NO5/c1-19-9-4-7-15(8-10-20-2)14(18)13-11(16)5-3-6-12(13)17/h3,5-6,16-17H,4,7-10H2,1-2H3. The Hall–Kier alpha value is -1.79. The minimum atomic E-state index is -0.422. The quantitative estimate of drug-likeness (QED) is 0.701. The molecule has 0 aromatic heterocycles. The highest BCUT2D eigenvalue weighted by Crippen LogP contribution is 2.27. The predicted octanol–water partition coefficient (Wildman–Crippen LogP) is 1.22. The first-order valence-corrected chi connectivity index (χ1v) is 6.40. The molecule has 0 aliphatic rings. The van der Waals surface area contributed by atoms with Crippen LogP contribution in [0, 0.1) is 0 Å². The minimum Gasteiger partial charge on any atom is -0.507 e. The molecule has 2 N–H and O–H groups in total. The van der Waals surface area contributed by atoms with E-state index in [2.05, 4.69) is 0 Å². The summed E-state index contributed by atoms with van der Waals surface area (Å²) in [4.78, 5) is 13.9. The zero-order chi connectivity index (χ0) is 15.0. The SMILES string of the molecule is COCCCN(CCOC)C(=O)c1c(O)cccc1O. The third-order valence-electron chi connectivity index (χ3n) is 2.86. The molecule has 0 bridgehead atoms. The smallest absolute Gasteiger partial charge is 0.261 e. The van der Waals surface area contributed by atoms with Gasteiger partial charge in [0.25, 0.3) is 5.91 Å². The van der Waals surface area contributed by atoms with Gasteiger partial charge < -0.3 is 24.6 Å². The Labute approximate surface area is 118 Å². The Morgan fingerprint density at radius 3 is 2.25 bits per heavy atom. The van der Waals surface area contributed by atoms with Crippen LogP contribution in [-0.4, -0.2) is 61.5 Å². The van der Waals surface area contributed by atoms with Crippen molar-refractivity contribution in [2.45, 2.75) is 6.42 Å². The molecule has 0 saturated heterocycles. The first-order valence-electron chi connectivity index (χ1n) is 6.40. The van der Waals surface area contributed by atoms with E-state index >= 15 is 0 Å². The lowest BCUT2D eigenvalue weighted by Crippen LogP contribution is -2.35. The van der Waals surface area contributed by atoms with E-state index in [0.717, 1.165) is 0 Å². The molecule has 0 unspecified atom stereocenters. The molecule has 1 aromatic rings. The second kappa shape index (κ2) is 8.39. The van der Waals surface area contributed by atoms with Crippen molar-refractivity contribution in [2.75, 3.05) is 40.5 Å². The second-order valence-corrected chi connectivity index (χ2v) is 4.30. The molecular weight excluding hydrogens is 262 g/mol. The van der Waals surface area contributed by atoms with E-state index in [4.69, 9.17) is 9.47 Å². The lowest BCUT2D eigenvalue weighted by atomic mass is 10.1. The fraction of sp³-hybridized carbons (Fsp3) is 0.500. The van der Waals surface area contributed by atoms with E-state index < -0.39 is 5.91 Å². The fourth-order valence-corrected chi connectivity index (χ4v) is 1.82. The van der Waals surface area contributed by atoms with Gasteiger partial charge in [-0.25, -0.2) is 0 Å². The normalized spacial score (nSPS) is 10.5. The average molecular weight is 283 g/mol. The number of hydrogen-bond donors (Lipinski definition) is 2. The van der Waals surface area contributed by atoms with Crippen LogP contribution in [-0.2, 0) is 9.47 Å². The maximum Gasteiger partial charge on any atom is 0.261 e. The van der Waals surface area contributed by atoms with Gasteiger partial charge in [0.15, 0.2) is 0 Å². The molecular formula is C14H21NO5. The van der Waals surface area contributed by atoms with Crippen LogP contribution in [0.3, 0.4) is 0 Å². The van der Waals surface area contributed by atoms with Crippen LogP contribution in [0.2, 0.25) is 0 Å². The van der Waals surface area contributed by atoms with Gasteiger partial charge >= 0.3 is 0 Å². The number of ether oxygens (including phenoxy) is 2. The summed E-state index contributed by atoms with van der Waals surface area (Å²) in [5.74, 6) is -0.887. The topological polar surface area (TPSA) is 79.2 Å². The molecule has 0 aliphatic carbocycles. The molecule has 0 aliphatic heterocycles. The zero-order valence-corrected chi connectivity index (χ0v) is 11.8. The Bertz CT molecular complexity index is 415. The molecule has 112 valence electrons. The number of phenolic OH excluding ortho intramolecular Hbond substituents is 2. The predicted molar refractivity (Wildman–Crippen MR) is 74.0 cm³/mol. The number of aromatic hydroxyl groups is 2. The maximum atomic E-state index is 12.4. The van der Waals surface area contributed by atoms with Crippen LogP contribution in [0.5, 0.6) is 11.5 Å². The largest absolute Gasteiger partial charge is 0.507 e. The third kappa shape index (κ3) is 4.40. The van der Waals surface area contributed by atoms with Gasteiger partial charge in [-0.05, 0) is 18.6 Å². The number of carbonyl (C=O) groups excluding carboxylic acids is 1. The summed E-state index contributed by atoms with van der Waals surface area (Å²) in [6.07, 6.45) is 0.667. The first-order chi connectivity index (χ1) is 9.61. The summed E-state index contributed by atoms with van der Waals surface area (Å²) in [5, 5.41) is 19.5. The highest BCUT2D eigenvalue weighted by Gasteiger charge is 2.21. The summed E-state index contributed by atoms with van der Waals surface area (Å²) in [7, 11) is 3.14. The number of amides is 1. The lowest BCUT2D eigenvalue weighted by molar-refractivity contribution is 0.0668. The van der Waals surface area contributed by atoms with E-state index in [1.807, 2.05) is 0 Å². The number of nitrogens with zero attached hydrogens (tertiary/aromatic N) is 1. The fourth-order valence-electron chi connectivity index (χ4n) is 1.82. The van der Waals surface area contributed by atoms with Crippen molar-refractivity contribution in [3.63, 3.8) is 0 Å². The average Bonchev–Trinajstić information content (AvgIpc) is 2.42. The number of benzene rings is 1. The van der Waals surface area contributed by atoms with E-state index in [1.54, 1.807) is 14.2 Å².